The van der Waals surface area contributed by atoms with Gasteiger partial charge in [0.2, 0.25) is 0 Å². The lowest BCUT2D eigenvalue weighted by Crippen LogP contribution is -2.52. The van der Waals surface area contributed by atoms with Crippen molar-refractivity contribution in [2.75, 3.05) is 0 Å². The Hall–Kier alpha value is -1.12. The molecule has 3 heteroatoms. The topological polar surface area (TPSA) is 34.9 Å². The zero-order chi connectivity index (χ0) is 22.0. The van der Waals surface area contributed by atoms with Gasteiger partial charge in [0.1, 0.15) is 0 Å². The third kappa shape index (κ3) is 3.53. The van der Waals surface area contributed by atoms with E-state index in [1.54, 1.807) is 0 Å². The van der Waals surface area contributed by atoms with E-state index in [1.807, 2.05) is 10.9 Å². The molecular weight excluding hydrogens is 380 g/mol. The normalized spacial score (nSPS) is 44.6. The summed E-state index contributed by atoms with van der Waals surface area (Å²) in [4.78, 5) is 13.5. The van der Waals surface area contributed by atoms with Crippen LogP contribution in [0.2, 0.25) is 0 Å². The van der Waals surface area contributed by atoms with Crippen molar-refractivity contribution in [3.8, 4) is 0 Å². The highest BCUT2D eigenvalue weighted by atomic mass is 16.1. The Morgan fingerprint density at radius 2 is 1.77 bits per heavy atom. The lowest BCUT2D eigenvalue weighted by Gasteiger charge is -2.59. The van der Waals surface area contributed by atoms with Crippen molar-refractivity contribution in [3.05, 3.63) is 18.0 Å². The first kappa shape index (κ1) is 21.7. The highest BCUT2D eigenvalue weighted by molar-refractivity contribution is 5.82. The minimum absolute atomic E-state index is 0.224. The fourth-order valence-corrected chi connectivity index (χ4v) is 9.17. The number of hydrogen-bond acceptors (Lipinski definition) is 2. The van der Waals surface area contributed by atoms with Gasteiger partial charge in [-0.15, -0.1) is 0 Å². The van der Waals surface area contributed by atoms with Crippen LogP contribution in [0, 0.1) is 46.3 Å². The molecule has 1 aromatic heterocycles. The Morgan fingerprint density at radius 3 is 2.52 bits per heavy atom. The van der Waals surface area contributed by atoms with Crippen molar-refractivity contribution in [1.82, 2.24) is 9.78 Å². The molecule has 4 aliphatic rings. The Kier molecular flexibility index (Phi) is 5.42. The zero-order valence-corrected chi connectivity index (χ0v) is 20.6. The third-order valence-electron chi connectivity index (χ3n) is 10.8. The standard InChI is InChI=1S/C28H44N2O/c1-18(2)20-15-29-30(16-20)17-26(31)25-9-8-24-22-10-12-27(4)14-19(3)6-7-23(27)21(22)11-13-28(24,25)5/h15-16,18-19,21-25H,6-14,17H2,1-5H3. The molecular formula is C28H44N2O. The van der Waals surface area contributed by atoms with Gasteiger partial charge in [-0.05, 0) is 103 Å². The van der Waals surface area contributed by atoms with Crippen LogP contribution in [0.15, 0.2) is 12.4 Å². The first-order chi connectivity index (χ1) is 14.7. The summed E-state index contributed by atoms with van der Waals surface area (Å²) in [6.07, 6.45) is 16.3. The first-order valence-electron chi connectivity index (χ1n) is 13.3. The molecule has 0 saturated heterocycles. The van der Waals surface area contributed by atoms with E-state index in [1.165, 1.54) is 56.9 Å². The molecule has 0 bridgehead atoms. The van der Waals surface area contributed by atoms with Crippen molar-refractivity contribution in [2.24, 2.45) is 46.3 Å². The maximum Gasteiger partial charge on any atom is 0.157 e. The first-order valence-corrected chi connectivity index (χ1v) is 13.3. The predicted molar refractivity (Wildman–Crippen MR) is 126 cm³/mol. The van der Waals surface area contributed by atoms with Crippen LogP contribution in [0.1, 0.15) is 104 Å². The molecule has 31 heavy (non-hydrogen) atoms. The van der Waals surface area contributed by atoms with Crippen molar-refractivity contribution in [1.29, 1.82) is 0 Å². The second-order valence-corrected chi connectivity index (χ2v) is 12.9. The number of carbonyl (C=O) groups excluding carboxylic acids is 1. The molecule has 0 spiro atoms. The molecule has 0 amide bonds. The summed E-state index contributed by atoms with van der Waals surface area (Å²) in [6.45, 7) is 12.4. The number of aromatic nitrogens is 2. The molecule has 0 N–H and O–H groups in total. The maximum absolute atomic E-state index is 13.5. The summed E-state index contributed by atoms with van der Waals surface area (Å²) < 4.78 is 1.90. The number of nitrogens with zero attached hydrogens (tertiary/aromatic N) is 2. The highest BCUT2D eigenvalue weighted by Crippen LogP contribution is 2.66. The SMILES string of the molecule is CC1CCC2C3CCC4(C)C(C(=O)Cn5cc(C(C)C)cn5)CCC4C3CCC2(C)C1. The summed E-state index contributed by atoms with van der Waals surface area (Å²) in [5, 5.41) is 4.50. The van der Waals surface area contributed by atoms with Crippen LogP contribution < -0.4 is 0 Å². The fourth-order valence-electron chi connectivity index (χ4n) is 9.17. The zero-order valence-electron chi connectivity index (χ0n) is 20.6. The summed E-state index contributed by atoms with van der Waals surface area (Å²) in [5.41, 5.74) is 2.05. The monoisotopic (exact) mass is 424 g/mol. The average molecular weight is 425 g/mol. The van der Waals surface area contributed by atoms with Gasteiger partial charge < -0.3 is 0 Å². The molecule has 5 rings (SSSR count). The fraction of sp³-hybridized carbons (Fsp3) is 0.857. The Labute approximate surface area is 189 Å². The number of Topliss-reactive ketones (excluding diaryl/α,β-unsaturated/α-hetero) is 1. The molecule has 4 fully saturated rings. The van der Waals surface area contributed by atoms with Crippen LogP contribution >= 0.6 is 0 Å². The van der Waals surface area contributed by atoms with Crippen LogP contribution in [0.4, 0.5) is 0 Å². The van der Waals surface area contributed by atoms with Gasteiger partial charge in [-0.2, -0.15) is 5.10 Å². The van der Waals surface area contributed by atoms with Gasteiger partial charge >= 0.3 is 0 Å². The van der Waals surface area contributed by atoms with E-state index in [0.717, 1.165) is 36.0 Å². The molecule has 0 aliphatic heterocycles. The van der Waals surface area contributed by atoms with Crippen molar-refractivity contribution in [2.45, 2.75) is 105 Å². The minimum atomic E-state index is 0.224. The van der Waals surface area contributed by atoms with E-state index in [2.05, 4.69) is 45.9 Å². The minimum Gasteiger partial charge on any atom is -0.297 e. The van der Waals surface area contributed by atoms with Crippen molar-refractivity contribution < 1.29 is 4.79 Å². The maximum atomic E-state index is 13.5. The molecule has 3 nitrogen and oxygen atoms in total. The second kappa shape index (κ2) is 7.73. The number of hydrogen-bond donors (Lipinski definition) is 0. The van der Waals surface area contributed by atoms with E-state index < -0.39 is 0 Å². The molecule has 0 radical (unpaired) electrons. The number of ketones is 1. The number of carbonyl (C=O) groups is 1. The summed E-state index contributed by atoms with van der Waals surface area (Å²) in [6, 6.07) is 0. The quantitative estimate of drug-likeness (QED) is 0.528. The van der Waals surface area contributed by atoms with Gasteiger partial charge in [0.15, 0.2) is 5.78 Å². The van der Waals surface area contributed by atoms with E-state index in [4.69, 9.17) is 0 Å². The summed E-state index contributed by atoms with van der Waals surface area (Å²) >= 11 is 0. The molecule has 4 aliphatic carbocycles. The van der Waals surface area contributed by atoms with Crippen molar-refractivity contribution in [3.63, 3.8) is 0 Å². The van der Waals surface area contributed by atoms with E-state index in [-0.39, 0.29) is 11.3 Å². The largest absolute Gasteiger partial charge is 0.297 e. The summed E-state index contributed by atoms with van der Waals surface area (Å²) in [5.74, 6) is 5.58. The molecule has 8 atom stereocenters. The van der Waals surface area contributed by atoms with E-state index in [9.17, 15) is 4.79 Å². The molecule has 0 aromatic carbocycles. The lowest BCUT2D eigenvalue weighted by molar-refractivity contribution is -0.134. The smallest absolute Gasteiger partial charge is 0.157 e. The molecule has 172 valence electrons. The summed E-state index contributed by atoms with van der Waals surface area (Å²) in [7, 11) is 0. The second-order valence-electron chi connectivity index (χ2n) is 12.9. The van der Waals surface area contributed by atoms with Crippen LogP contribution in [0.5, 0.6) is 0 Å². The van der Waals surface area contributed by atoms with Crippen LogP contribution in [0.25, 0.3) is 0 Å². The molecule has 8 unspecified atom stereocenters. The predicted octanol–water partition coefficient (Wildman–Crippen LogP) is 6.87. The van der Waals surface area contributed by atoms with Gasteiger partial charge in [0.25, 0.3) is 0 Å². The Bertz CT molecular complexity index is 827. The number of rotatable bonds is 4. The highest BCUT2D eigenvalue weighted by Gasteiger charge is 2.59. The van der Waals surface area contributed by atoms with Crippen LogP contribution in [-0.2, 0) is 11.3 Å². The van der Waals surface area contributed by atoms with Gasteiger partial charge in [0.05, 0.1) is 12.7 Å². The van der Waals surface area contributed by atoms with Gasteiger partial charge in [0, 0.05) is 12.1 Å². The van der Waals surface area contributed by atoms with E-state index >= 15 is 0 Å². The third-order valence-corrected chi connectivity index (χ3v) is 10.8. The van der Waals surface area contributed by atoms with Crippen LogP contribution in [-0.4, -0.2) is 15.6 Å². The average Bonchev–Trinajstić information content (AvgIpc) is 3.31. The Balaban J connectivity index is 1.31. The van der Waals surface area contributed by atoms with E-state index in [0.29, 0.717) is 23.7 Å². The van der Waals surface area contributed by atoms with Crippen LogP contribution in [0.3, 0.4) is 0 Å². The Morgan fingerprint density at radius 1 is 1.06 bits per heavy atom. The van der Waals surface area contributed by atoms with Gasteiger partial charge in [-0.3, -0.25) is 9.48 Å². The number of fused-ring (bicyclic) bond motifs is 5. The van der Waals surface area contributed by atoms with Gasteiger partial charge in [-0.1, -0.05) is 41.0 Å². The molecule has 4 saturated carbocycles. The molecule has 1 heterocycles. The van der Waals surface area contributed by atoms with Crippen molar-refractivity contribution >= 4 is 5.78 Å². The lowest BCUT2D eigenvalue weighted by atomic mass is 9.45. The molecule has 1 aromatic rings. The van der Waals surface area contributed by atoms with Gasteiger partial charge in [-0.25, -0.2) is 0 Å².